The highest BCUT2D eigenvalue weighted by Gasteiger charge is 2.21. The predicted molar refractivity (Wildman–Crippen MR) is 127 cm³/mol. The molecule has 0 spiro atoms. The maximum absolute atomic E-state index is 13.3. The summed E-state index contributed by atoms with van der Waals surface area (Å²) in [6.07, 6.45) is 1.62. The molecule has 2 amide bonds. The molecule has 4 rings (SSSR count). The van der Waals surface area contributed by atoms with E-state index in [2.05, 4.69) is 20.4 Å². The molecule has 0 saturated carbocycles. The number of halogens is 2. The first-order valence-electron chi connectivity index (χ1n) is 10.7. The Morgan fingerprint density at radius 1 is 1.06 bits per heavy atom. The standard InChI is InChI=1S/C23H23ClFN5O2S/c24-16-4-1-7-19(14-16)29-10-12-30(13-11-29)21(31)9-3-8-20-27-28-23(33-20)22(32)26-18-6-2-5-17(25)15-18/h1-2,4-7,14-15H,3,8-13H2,(H,26,32). The average molecular weight is 488 g/mol. The number of hydrogen-bond acceptors (Lipinski definition) is 6. The summed E-state index contributed by atoms with van der Waals surface area (Å²) < 4.78 is 13.3. The van der Waals surface area contributed by atoms with Gasteiger partial charge in [-0.2, -0.15) is 0 Å². The summed E-state index contributed by atoms with van der Waals surface area (Å²) in [6.45, 7) is 2.89. The number of amides is 2. The molecule has 33 heavy (non-hydrogen) atoms. The highest BCUT2D eigenvalue weighted by atomic mass is 35.5. The number of anilines is 2. The van der Waals surface area contributed by atoms with Crippen molar-refractivity contribution in [3.63, 3.8) is 0 Å². The van der Waals surface area contributed by atoms with E-state index in [1.807, 2.05) is 29.2 Å². The molecule has 10 heteroatoms. The van der Waals surface area contributed by atoms with Gasteiger partial charge in [-0.1, -0.05) is 35.1 Å². The Morgan fingerprint density at radius 2 is 1.85 bits per heavy atom. The van der Waals surface area contributed by atoms with Crippen LogP contribution in [0.25, 0.3) is 0 Å². The van der Waals surface area contributed by atoms with E-state index < -0.39 is 11.7 Å². The number of aromatic nitrogens is 2. The fourth-order valence-corrected chi connectivity index (χ4v) is 4.59. The van der Waals surface area contributed by atoms with Gasteiger partial charge in [0.05, 0.1) is 0 Å². The lowest BCUT2D eigenvalue weighted by Gasteiger charge is -2.36. The van der Waals surface area contributed by atoms with Gasteiger partial charge in [-0.05, 0) is 42.8 Å². The van der Waals surface area contributed by atoms with Crippen molar-refractivity contribution in [2.24, 2.45) is 0 Å². The van der Waals surface area contributed by atoms with Crippen LogP contribution in [-0.4, -0.2) is 53.1 Å². The predicted octanol–water partition coefficient (Wildman–Crippen LogP) is 4.25. The number of carbonyl (C=O) groups is 2. The van der Waals surface area contributed by atoms with E-state index in [9.17, 15) is 14.0 Å². The molecule has 7 nitrogen and oxygen atoms in total. The summed E-state index contributed by atoms with van der Waals surface area (Å²) in [4.78, 5) is 29.0. The van der Waals surface area contributed by atoms with E-state index in [1.165, 1.54) is 29.5 Å². The van der Waals surface area contributed by atoms with E-state index in [0.29, 0.717) is 48.1 Å². The lowest BCUT2D eigenvalue weighted by atomic mass is 10.2. The number of nitrogens with zero attached hydrogens (tertiary/aromatic N) is 4. The van der Waals surface area contributed by atoms with Crippen molar-refractivity contribution < 1.29 is 14.0 Å². The second kappa shape index (κ2) is 10.7. The zero-order valence-electron chi connectivity index (χ0n) is 17.8. The topological polar surface area (TPSA) is 78.4 Å². The lowest BCUT2D eigenvalue weighted by Crippen LogP contribution is -2.48. The molecule has 2 heterocycles. The van der Waals surface area contributed by atoms with Gasteiger partial charge in [-0.25, -0.2) is 4.39 Å². The molecule has 0 aliphatic carbocycles. The minimum Gasteiger partial charge on any atom is -0.368 e. The van der Waals surface area contributed by atoms with Crippen LogP contribution in [-0.2, 0) is 11.2 Å². The zero-order chi connectivity index (χ0) is 23.2. The van der Waals surface area contributed by atoms with Gasteiger partial charge in [0.2, 0.25) is 10.9 Å². The van der Waals surface area contributed by atoms with E-state index in [0.717, 1.165) is 18.8 Å². The summed E-state index contributed by atoms with van der Waals surface area (Å²) in [5.74, 6) is -0.742. The quantitative estimate of drug-likeness (QED) is 0.539. The average Bonchev–Trinajstić information content (AvgIpc) is 3.28. The van der Waals surface area contributed by atoms with Crippen molar-refractivity contribution in [2.45, 2.75) is 19.3 Å². The molecule has 0 unspecified atom stereocenters. The third-order valence-electron chi connectivity index (χ3n) is 5.33. The number of piperazine rings is 1. The minimum atomic E-state index is -0.432. The fraction of sp³-hybridized carbons (Fsp3) is 0.304. The minimum absolute atomic E-state index is 0.120. The molecule has 3 aromatic rings. The van der Waals surface area contributed by atoms with Crippen LogP contribution in [0.2, 0.25) is 5.02 Å². The van der Waals surface area contributed by atoms with Crippen molar-refractivity contribution in [1.29, 1.82) is 0 Å². The molecule has 1 aliphatic heterocycles. The van der Waals surface area contributed by atoms with Crippen molar-refractivity contribution in [1.82, 2.24) is 15.1 Å². The molecule has 0 bridgehead atoms. The van der Waals surface area contributed by atoms with Gasteiger partial charge in [0.1, 0.15) is 10.8 Å². The number of aryl methyl sites for hydroxylation is 1. The smallest absolute Gasteiger partial charge is 0.286 e. The van der Waals surface area contributed by atoms with Crippen LogP contribution in [0.1, 0.15) is 27.7 Å². The van der Waals surface area contributed by atoms with Crippen LogP contribution in [0, 0.1) is 5.82 Å². The highest BCUT2D eigenvalue weighted by molar-refractivity contribution is 7.13. The summed E-state index contributed by atoms with van der Waals surface area (Å²) in [6, 6.07) is 13.4. The molecule has 1 fully saturated rings. The van der Waals surface area contributed by atoms with Crippen LogP contribution in [0.5, 0.6) is 0 Å². The Kier molecular flexibility index (Phi) is 7.51. The highest BCUT2D eigenvalue weighted by Crippen LogP contribution is 2.21. The van der Waals surface area contributed by atoms with Crippen molar-refractivity contribution in [3.8, 4) is 0 Å². The first-order chi connectivity index (χ1) is 16.0. The Morgan fingerprint density at radius 3 is 2.61 bits per heavy atom. The number of benzene rings is 2. The van der Waals surface area contributed by atoms with E-state index in [1.54, 1.807) is 6.07 Å². The molecule has 1 aliphatic rings. The number of carbonyl (C=O) groups excluding carboxylic acids is 2. The Hall–Kier alpha value is -3.04. The molecule has 1 saturated heterocycles. The second-order valence-corrected chi connectivity index (χ2v) is 9.17. The van der Waals surface area contributed by atoms with Gasteiger partial charge in [0.25, 0.3) is 5.91 Å². The SMILES string of the molecule is O=C(Nc1cccc(F)c1)c1nnc(CCCC(=O)N2CCN(c3cccc(Cl)c3)CC2)s1. The Bertz CT molecular complexity index is 1130. The molecule has 1 aromatic heterocycles. The Labute approximate surface area is 200 Å². The first kappa shape index (κ1) is 23.1. The molecule has 1 N–H and O–H groups in total. The zero-order valence-corrected chi connectivity index (χ0v) is 19.4. The monoisotopic (exact) mass is 487 g/mol. The largest absolute Gasteiger partial charge is 0.368 e. The summed E-state index contributed by atoms with van der Waals surface area (Å²) in [5.41, 5.74) is 1.43. The molecular weight excluding hydrogens is 465 g/mol. The third-order valence-corrected chi connectivity index (χ3v) is 6.55. The molecular formula is C23H23ClFN5O2S. The van der Waals surface area contributed by atoms with Gasteiger partial charge in [-0.15, -0.1) is 10.2 Å². The van der Waals surface area contributed by atoms with Crippen LogP contribution in [0.4, 0.5) is 15.8 Å². The van der Waals surface area contributed by atoms with Crippen LogP contribution >= 0.6 is 22.9 Å². The number of nitrogens with one attached hydrogen (secondary N) is 1. The Balaban J connectivity index is 1.20. The van der Waals surface area contributed by atoms with Crippen molar-refractivity contribution >= 4 is 46.1 Å². The van der Waals surface area contributed by atoms with Crippen LogP contribution in [0.3, 0.4) is 0 Å². The van der Waals surface area contributed by atoms with Gasteiger partial charge in [0.15, 0.2) is 0 Å². The molecule has 2 aromatic carbocycles. The van der Waals surface area contributed by atoms with E-state index in [4.69, 9.17) is 11.6 Å². The maximum atomic E-state index is 13.3. The number of hydrogen-bond donors (Lipinski definition) is 1. The van der Waals surface area contributed by atoms with Gasteiger partial charge in [-0.3, -0.25) is 9.59 Å². The van der Waals surface area contributed by atoms with E-state index >= 15 is 0 Å². The van der Waals surface area contributed by atoms with Crippen LogP contribution < -0.4 is 10.2 Å². The van der Waals surface area contributed by atoms with Crippen molar-refractivity contribution in [2.75, 3.05) is 36.4 Å². The van der Waals surface area contributed by atoms with Gasteiger partial charge >= 0.3 is 0 Å². The lowest BCUT2D eigenvalue weighted by molar-refractivity contribution is -0.131. The molecule has 0 atom stereocenters. The fourth-order valence-electron chi connectivity index (χ4n) is 3.63. The van der Waals surface area contributed by atoms with Gasteiger partial charge < -0.3 is 15.1 Å². The maximum Gasteiger partial charge on any atom is 0.286 e. The molecule has 172 valence electrons. The van der Waals surface area contributed by atoms with Crippen molar-refractivity contribution in [3.05, 3.63) is 69.4 Å². The second-order valence-electron chi connectivity index (χ2n) is 7.67. The first-order valence-corrected chi connectivity index (χ1v) is 11.8. The van der Waals surface area contributed by atoms with Gasteiger partial charge in [0, 0.05) is 55.4 Å². The third kappa shape index (κ3) is 6.27. The number of rotatable bonds is 7. The van der Waals surface area contributed by atoms with Crippen LogP contribution in [0.15, 0.2) is 48.5 Å². The summed E-state index contributed by atoms with van der Waals surface area (Å²) >= 11 is 7.26. The summed E-state index contributed by atoms with van der Waals surface area (Å²) in [5, 5.41) is 12.2. The summed E-state index contributed by atoms with van der Waals surface area (Å²) in [7, 11) is 0. The normalized spacial score (nSPS) is 13.8. The molecule has 0 radical (unpaired) electrons. The van der Waals surface area contributed by atoms with E-state index in [-0.39, 0.29) is 10.9 Å².